The summed E-state index contributed by atoms with van der Waals surface area (Å²) in [4.78, 5) is 11.9. The van der Waals surface area contributed by atoms with Gasteiger partial charge in [-0.2, -0.15) is 5.10 Å². The lowest BCUT2D eigenvalue weighted by Gasteiger charge is -2.13. The zero-order valence-corrected chi connectivity index (χ0v) is 14.3. The molecule has 0 amide bonds. The maximum absolute atomic E-state index is 11.9. The molecule has 0 aliphatic rings. The van der Waals surface area contributed by atoms with Crippen molar-refractivity contribution in [3.05, 3.63) is 33.1 Å². The van der Waals surface area contributed by atoms with E-state index < -0.39 is 0 Å². The fraction of sp³-hybridized carbons (Fsp3) is 0.438. The zero-order chi connectivity index (χ0) is 15.9. The number of carbonyl (C=O) groups is 1. The van der Waals surface area contributed by atoms with Gasteiger partial charge in [0.05, 0.1) is 5.69 Å². The predicted molar refractivity (Wildman–Crippen MR) is 87.4 cm³/mol. The maximum atomic E-state index is 11.9. The Hall–Kier alpha value is -1.75. The Morgan fingerprint density at radius 1 is 1.29 bits per heavy atom. The molecular formula is C16H21N3OS. The molecular weight excluding hydrogens is 282 g/mol. The van der Waals surface area contributed by atoms with E-state index in [0.29, 0.717) is 12.2 Å². The van der Waals surface area contributed by atoms with Crippen LogP contribution in [0.25, 0.3) is 11.4 Å². The molecule has 2 rings (SSSR count). The van der Waals surface area contributed by atoms with Gasteiger partial charge in [-0.05, 0) is 38.8 Å². The summed E-state index contributed by atoms with van der Waals surface area (Å²) in [5, 5.41) is 4.64. The third-order valence-electron chi connectivity index (χ3n) is 3.83. The van der Waals surface area contributed by atoms with Gasteiger partial charge >= 0.3 is 0 Å². The number of nitrogens with zero attached hydrogens (tertiary/aromatic N) is 3. The summed E-state index contributed by atoms with van der Waals surface area (Å²) < 4.78 is 4.56. The largest absolute Gasteiger partial charge is 0.333 e. The molecule has 0 aromatic carbocycles. The molecule has 0 saturated heterocycles. The Kier molecular flexibility index (Phi) is 4.14. The smallest absolute Gasteiger partial charge is 0.178 e. The van der Waals surface area contributed by atoms with Gasteiger partial charge < -0.3 is 4.57 Å². The third-order valence-corrected chi connectivity index (χ3v) is 4.43. The first kappa shape index (κ1) is 15.6. The highest BCUT2D eigenvalue weighted by Crippen LogP contribution is 2.28. The predicted octanol–water partition coefficient (Wildman–Crippen LogP) is 3.77. The van der Waals surface area contributed by atoms with Crippen LogP contribution in [0.5, 0.6) is 0 Å². The van der Waals surface area contributed by atoms with E-state index in [0.717, 1.165) is 32.7 Å². The maximum Gasteiger partial charge on any atom is 0.178 e. The summed E-state index contributed by atoms with van der Waals surface area (Å²) >= 11 is 5.47. The Balaban J connectivity index is 2.84. The van der Waals surface area contributed by atoms with Crippen molar-refractivity contribution in [2.24, 2.45) is 7.05 Å². The molecule has 0 atom stereocenters. The Bertz CT molecular complexity index is 784. The fourth-order valence-electron chi connectivity index (χ4n) is 2.88. The van der Waals surface area contributed by atoms with Gasteiger partial charge in [-0.25, -0.2) is 0 Å². The number of rotatable bonds is 3. The molecule has 0 bridgehead atoms. The van der Waals surface area contributed by atoms with Crippen molar-refractivity contribution in [3.8, 4) is 11.4 Å². The topological polar surface area (TPSA) is 39.8 Å². The van der Waals surface area contributed by atoms with Crippen molar-refractivity contribution >= 4 is 18.0 Å². The van der Waals surface area contributed by atoms with Crippen LogP contribution in [0.15, 0.2) is 6.07 Å². The van der Waals surface area contributed by atoms with Crippen molar-refractivity contribution in [1.29, 1.82) is 0 Å². The molecule has 2 aromatic rings. The summed E-state index contributed by atoms with van der Waals surface area (Å²) in [6.07, 6.45) is 0. The lowest BCUT2D eigenvalue weighted by molar-refractivity contribution is 0.100. The van der Waals surface area contributed by atoms with Crippen molar-refractivity contribution in [3.63, 3.8) is 0 Å². The summed E-state index contributed by atoms with van der Waals surface area (Å²) in [6.45, 7) is 10.3. The summed E-state index contributed by atoms with van der Waals surface area (Å²) in [5.41, 5.74) is 5.61. The molecule has 0 fully saturated rings. The Morgan fingerprint density at radius 2 is 1.90 bits per heavy atom. The molecule has 5 heteroatoms. The molecule has 0 spiro atoms. The standard InChI is InChI=1S/C16H21N3OS/c1-7-19-15(12(5)20)11(4)13(17-19)14-9(2)8-10(3)16(21)18(14)6/h8H,7H2,1-6H3. The van der Waals surface area contributed by atoms with Crippen LogP contribution in [-0.2, 0) is 13.6 Å². The highest BCUT2D eigenvalue weighted by Gasteiger charge is 2.21. The van der Waals surface area contributed by atoms with E-state index in [-0.39, 0.29) is 5.78 Å². The number of pyridine rings is 1. The molecule has 2 heterocycles. The van der Waals surface area contributed by atoms with Crippen LogP contribution < -0.4 is 0 Å². The van der Waals surface area contributed by atoms with Gasteiger partial charge in [0.25, 0.3) is 0 Å². The van der Waals surface area contributed by atoms with Crippen LogP contribution in [0.1, 0.15) is 41.0 Å². The molecule has 0 radical (unpaired) electrons. The van der Waals surface area contributed by atoms with Gasteiger partial charge in [0.2, 0.25) is 0 Å². The first-order valence-corrected chi connectivity index (χ1v) is 7.46. The number of aromatic nitrogens is 3. The SMILES string of the molecule is CCn1nc(-c2c(C)cc(C)c(=S)n2C)c(C)c1C(C)=O. The van der Waals surface area contributed by atoms with Crippen LogP contribution in [0.2, 0.25) is 0 Å². The van der Waals surface area contributed by atoms with E-state index in [2.05, 4.69) is 18.1 Å². The minimum Gasteiger partial charge on any atom is -0.333 e. The third kappa shape index (κ3) is 2.46. The van der Waals surface area contributed by atoms with E-state index in [4.69, 9.17) is 12.2 Å². The molecule has 21 heavy (non-hydrogen) atoms. The van der Waals surface area contributed by atoms with Crippen LogP contribution in [-0.4, -0.2) is 20.1 Å². The number of ketones is 1. The average molecular weight is 303 g/mol. The van der Waals surface area contributed by atoms with E-state index in [1.54, 1.807) is 11.6 Å². The van der Waals surface area contributed by atoms with Crippen molar-refractivity contribution in [2.75, 3.05) is 0 Å². The van der Waals surface area contributed by atoms with Crippen LogP contribution in [0, 0.1) is 25.4 Å². The molecule has 0 unspecified atom stereocenters. The lowest BCUT2D eigenvalue weighted by Crippen LogP contribution is -2.07. The molecule has 0 saturated carbocycles. The monoisotopic (exact) mass is 303 g/mol. The molecule has 0 aliphatic carbocycles. The minimum absolute atomic E-state index is 0.0408. The highest BCUT2D eigenvalue weighted by atomic mass is 32.1. The van der Waals surface area contributed by atoms with Gasteiger partial charge in [-0.1, -0.05) is 18.3 Å². The van der Waals surface area contributed by atoms with E-state index >= 15 is 0 Å². The molecule has 112 valence electrons. The lowest BCUT2D eigenvalue weighted by atomic mass is 10.0. The zero-order valence-electron chi connectivity index (χ0n) is 13.4. The van der Waals surface area contributed by atoms with E-state index in [9.17, 15) is 4.79 Å². The number of Topliss-reactive ketones (excluding diaryl/α,β-unsaturated/α-hetero) is 1. The second-order valence-electron chi connectivity index (χ2n) is 5.42. The Morgan fingerprint density at radius 3 is 2.38 bits per heavy atom. The number of carbonyl (C=O) groups excluding carboxylic acids is 1. The fourth-order valence-corrected chi connectivity index (χ4v) is 3.03. The quantitative estimate of drug-likeness (QED) is 0.640. The summed E-state index contributed by atoms with van der Waals surface area (Å²) in [5.74, 6) is 0.0408. The first-order valence-electron chi connectivity index (χ1n) is 7.05. The van der Waals surface area contributed by atoms with Crippen LogP contribution in [0.3, 0.4) is 0 Å². The summed E-state index contributed by atoms with van der Waals surface area (Å²) in [6, 6.07) is 2.08. The average Bonchev–Trinajstić information content (AvgIpc) is 2.73. The van der Waals surface area contributed by atoms with Crippen molar-refractivity contribution < 1.29 is 4.79 Å². The van der Waals surface area contributed by atoms with Crippen LogP contribution >= 0.6 is 12.2 Å². The second kappa shape index (κ2) is 5.56. The molecule has 2 aromatic heterocycles. The minimum atomic E-state index is 0.0408. The number of aryl methyl sites for hydroxylation is 3. The van der Waals surface area contributed by atoms with Gasteiger partial charge in [-0.15, -0.1) is 0 Å². The second-order valence-corrected chi connectivity index (χ2v) is 5.80. The normalized spacial score (nSPS) is 11.0. The van der Waals surface area contributed by atoms with E-state index in [1.165, 1.54) is 0 Å². The first-order chi connectivity index (χ1) is 9.79. The van der Waals surface area contributed by atoms with Gasteiger partial charge in [0, 0.05) is 26.1 Å². The summed E-state index contributed by atoms with van der Waals surface area (Å²) in [7, 11) is 1.95. The van der Waals surface area contributed by atoms with Crippen LogP contribution in [0.4, 0.5) is 0 Å². The number of hydrogen-bond donors (Lipinski definition) is 0. The van der Waals surface area contributed by atoms with Gasteiger partial charge in [0.15, 0.2) is 5.78 Å². The van der Waals surface area contributed by atoms with Gasteiger partial charge in [0.1, 0.15) is 16.0 Å². The van der Waals surface area contributed by atoms with E-state index in [1.807, 2.05) is 32.4 Å². The molecule has 4 nitrogen and oxygen atoms in total. The Labute approximate surface area is 130 Å². The van der Waals surface area contributed by atoms with Gasteiger partial charge in [-0.3, -0.25) is 9.48 Å². The molecule has 0 aliphatic heterocycles. The number of hydrogen-bond acceptors (Lipinski definition) is 3. The molecule has 0 N–H and O–H groups in total. The highest BCUT2D eigenvalue weighted by molar-refractivity contribution is 7.71. The van der Waals surface area contributed by atoms with Crippen molar-refractivity contribution in [1.82, 2.24) is 14.3 Å². The van der Waals surface area contributed by atoms with Crippen molar-refractivity contribution in [2.45, 2.75) is 41.2 Å².